The summed E-state index contributed by atoms with van der Waals surface area (Å²) in [7, 11) is 0. The largest absolute Gasteiger partial charge is 0.298 e. The summed E-state index contributed by atoms with van der Waals surface area (Å²) >= 11 is 0. The molecule has 3 heteroatoms. The summed E-state index contributed by atoms with van der Waals surface area (Å²) in [6.07, 6.45) is 2.87. The summed E-state index contributed by atoms with van der Waals surface area (Å²) in [6, 6.07) is -0.211. The van der Waals surface area contributed by atoms with E-state index < -0.39 is 5.54 Å². The maximum atomic E-state index is 12.2. The van der Waals surface area contributed by atoms with Crippen LogP contribution in [0.3, 0.4) is 0 Å². The van der Waals surface area contributed by atoms with E-state index in [4.69, 9.17) is 0 Å². The number of Topliss-reactive ketones (excluding diaryl/α,β-unsaturated/α-hetero) is 2. The van der Waals surface area contributed by atoms with Crippen LogP contribution in [0.2, 0.25) is 0 Å². The fourth-order valence-corrected chi connectivity index (χ4v) is 2.32. The maximum absolute atomic E-state index is 12.2. The summed E-state index contributed by atoms with van der Waals surface area (Å²) in [5.74, 6) is 0.339. The molecule has 0 saturated heterocycles. The third-order valence-corrected chi connectivity index (χ3v) is 3.43. The number of hydrogen-bond acceptors (Lipinski definition) is 3. The topological polar surface area (TPSA) is 46.2 Å². The molecule has 0 heterocycles. The van der Waals surface area contributed by atoms with Crippen LogP contribution >= 0.6 is 0 Å². The first-order chi connectivity index (χ1) is 8.63. The molecule has 112 valence electrons. The third-order valence-electron chi connectivity index (χ3n) is 3.43. The molecule has 0 spiro atoms. The van der Waals surface area contributed by atoms with Crippen molar-refractivity contribution in [3.05, 3.63) is 0 Å². The average Bonchev–Trinajstić information content (AvgIpc) is 2.31. The number of rotatable bonds is 9. The van der Waals surface area contributed by atoms with E-state index in [0.29, 0.717) is 0 Å². The molecule has 0 rings (SSSR count). The Morgan fingerprint density at radius 1 is 1.05 bits per heavy atom. The number of unbranched alkanes of at least 4 members (excludes halogenated alkanes) is 1. The first-order valence-corrected chi connectivity index (χ1v) is 7.49. The third kappa shape index (κ3) is 5.85. The van der Waals surface area contributed by atoms with Gasteiger partial charge in [-0.3, -0.25) is 14.9 Å². The number of nitrogens with one attached hydrogen (secondary N) is 1. The standard InChI is InChI=1S/C16H31NO2/c1-8-9-10-13(14(18)11(2)3)17-16(6,7)15(19)12(4)5/h11-13,17H,8-10H2,1-7H3/t13-/m0/s1. The first-order valence-electron chi connectivity index (χ1n) is 7.49. The molecule has 3 nitrogen and oxygen atoms in total. The van der Waals surface area contributed by atoms with Gasteiger partial charge in [0.1, 0.15) is 0 Å². The Morgan fingerprint density at radius 3 is 1.95 bits per heavy atom. The minimum absolute atomic E-state index is 0.000641. The second-order valence-corrected chi connectivity index (χ2v) is 6.54. The minimum atomic E-state index is -0.642. The van der Waals surface area contributed by atoms with Crippen molar-refractivity contribution in [1.29, 1.82) is 0 Å². The molecule has 0 aliphatic heterocycles. The molecule has 1 N–H and O–H groups in total. The zero-order chi connectivity index (χ0) is 15.2. The Bertz CT molecular complexity index is 306. The summed E-state index contributed by atoms with van der Waals surface area (Å²) in [5, 5.41) is 3.29. The van der Waals surface area contributed by atoms with Gasteiger partial charge in [-0.15, -0.1) is 0 Å². The van der Waals surface area contributed by atoms with Gasteiger partial charge in [0, 0.05) is 11.8 Å². The highest BCUT2D eigenvalue weighted by atomic mass is 16.1. The smallest absolute Gasteiger partial charge is 0.154 e. The van der Waals surface area contributed by atoms with Crippen LogP contribution in [-0.4, -0.2) is 23.1 Å². The number of carbonyl (C=O) groups excluding carboxylic acids is 2. The monoisotopic (exact) mass is 269 g/mol. The van der Waals surface area contributed by atoms with E-state index in [0.717, 1.165) is 19.3 Å². The van der Waals surface area contributed by atoms with Crippen LogP contribution in [0.25, 0.3) is 0 Å². The van der Waals surface area contributed by atoms with E-state index in [-0.39, 0.29) is 29.4 Å². The molecular formula is C16H31NO2. The van der Waals surface area contributed by atoms with Gasteiger partial charge in [-0.1, -0.05) is 47.5 Å². The van der Waals surface area contributed by atoms with E-state index in [2.05, 4.69) is 12.2 Å². The molecule has 0 aliphatic rings. The van der Waals surface area contributed by atoms with Gasteiger partial charge in [-0.2, -0.15) is 0 Å². The molecule has 0 bridgehead atoms. The Balaban J connectivity index is 4.89. The lowest BCUT2D eigenvalue weighted by Gasteiger charge is -2.32. The molecule has 0 aliphatic carbocycles. The van der Waals surface area contributed by atoms with Crippen LogP contribution < -0.4 is 5.32 Å². The summed E-state index contributed by atoms with van der Waals surface area (Å²) in [4.78, 5) is 24.4. The second kappa shape index (κ2) is 7.78. The van der Waals surface area contributed by atoms with Crippen molar-refractivity contribution in [2.75, 3.05) is 0 Å². The van der Waals surface area contributed by atoms with Crippen molar-refractivity contribution >= 4 is 11.6 Å². The van der Waals surface area contributed by atoms with E-state index in [1.54, 1.807) is 0 Å². The van der Waals surface area contributed by atoms with Crippen molar-refractivity contribution in [2.45, 2.75) is 79.3 Å². The van der Waals surface area contributed by atoms with Crippen LogP contribution in [-0.2, 0) is 9.59 Å². The fraction of sp³-hybridized carbons (Fsp3) is 0.875. The van der Waals surface area contributed by atoms with Gasteiger partial charge >= 0.3 is 0 Å². The predicted molar refractivity (Wildman–Crippen MR) is 80.2 cm³/mol. The summed E-state index contributed by atoms with van der Waals surface area (Å²) in [6.45, 7) is 13.5. The Hall–Kier alpha value is -0.700. The Labute approximate surface area is 118 Å². The lowest BCUT2D eigenvalue weighted by atomic mass is 9.87. The summed E-state index contributed by atoms with van der Waals surface area (Å²) < 4.78 is 0. The number of ketones is 2. The van der Waals surface area contributed by atoms with E-state index >= 15 is 0 Å². The fourth-order valence-electron chi connectivity index (χ4n) is 2.32. The average molecular weight is 269 g/mol. The highest BCUT2D eigenvalue weighted by Crippen LogP contribution is 2.16. The SMILES string of the molecule is CCCC[C@H](NC(C)(C)C(=O)C(C)C)C(=O)C(C)C. The van der Waals surface area contributed by atoms with E-state index in [1.165, 1.54) is 0 Å². The molecular weight excluding hydrogens is 238 g/mol. The second-order valence-electron chi connectivity index (χ2n) is 6.54. The van der Waals surface area contributed by atoms with E-state index in [1.807, 2.05) is 41.5 Å². The van der Waals surface area contributed by atoms with E-state index in [9.17, 15) is 9.59 Å². The van der Waals surface area contributed by atoms with Crippen molar-refractivity contribution in [3.8, 4) is 0 Å². The van der Waals surface area contributed by atoms with Gasteiger partial charge in [0.2, 0.25) is 0 Å². The molecule has 19 heavy (non-hydrogen) atoms. The molecule has 0 saturated carbocycles. The van der Waals surface area contributed by atoms with Crippen LogP contribution in [0.4, 0.5) is 0 Å². The Morgan fingerprint density at radius 2 is 1.58 bits per heavy atom. The van der Waals surface area contributed by atoms with Crippen LogP contribution in [0.1, 0.15) is 67.7 Å². The molecule has 1 atom stereocenters. The van der Waals surface area contributed by atoms with Crippen molar-refractivity contribution in [3.63, 3.8) is 0 Å². The van der Waals surface area contributed by atoms with Crippen LogP contribution in [0.5, 0.6) is 0 Å². The highest BCUT2D eigenvalue weighted by molar-refractivity contribution is 5.91. The number of carbonyl (C=O) groups is 2. The van der Waals surface area contributed by atoms with Gasteiger partial charge in [0.15, 0.2) is 11.6 Å². The van der Waals surface area contributed by atoms with Crippen LogP contribution in [0.15, 0.2) is 0 Å². The van der Waals surface area contributed by atoms with Gasteiger partial charge < -0.3 is 0 Å². The van der Waals surface area contributed by atoms with Crippen LogP contribution in [0, 0.1) is 11.8 Å². The Kier molecular flexibility index (Phi) is 7.50. The zero-order valence-corrected chi connectivity index (χ0v) is 13.7. The van der Waals surface area contributed by atoms with Gasteiger partial charge in [0.25, 0.3) is 0 Å². The number of hydrogen-bond donors (Lipinski definition) is 1. The maximum Gasteiger partial charge on any atom is 0.154 e. The molecule has 0 amide bonds. The van der Waals surface area contributed by atoms with Crippen molar-refractivity contribution in [2.24, 2.45) is 11.8 Å². The van der Waals surface area contributed by atoms with Gasteiger partial charge in [-0.25, -0.2) is 0 Å². The zero-order valence-electron chi connectivity index (χ0n) is 13.7. The first kappa shape index (κ1) is 18.3. The predicted octanol–water partition coefficient (Wildman–Crippen LogP) is 3.36. The van der Waals surface area contributed by atoms with Gasteiger partial charge in [0.05, 0.1) is 11.6 Å². The minimum Gasteiger partial charge on any atom is -0.298 e. The van der Waals surface area contributed by atoms with Gasteiger partial charge in [-0.05, 0) is 20.3 Å². The van der Waals surface area contributed by atoms with Crippen molar-refractivity contribution < 1.29 is 9.59 Å². The summed E-state index contributed by atoms with van der Waals surface area (Å²) in [5.41, 5.74) is -0.642. The van der Waals surface area contributed by atoms with Crippen molar-refractivity contribution in [1.82, 2.24) is 5.32 Å². The molecule has 0 aromatic rings. The lowest BCUT2D eigenvalue weighted by Crippen LogP contribution is -2.56. The molecule has 0 radical (unpaired) electrons. The quantitative estimate of drug-likeness (QED) is 0.698. The normalized spacial score (nSPS) is 13.9. The molecule has 0 aromatic heterocycles. The molecule has 0 fully saturated rings. The lowest BCUT2D eigenvalue weighted by molar-refractivity contribution is -0.129. The molecule has 0 unspecified atom stereocenters. The molecule has 0 aromatic carbocycles. The highest BCUT2D eigenvalue weighted by Gasteiger charge is 2.34.